The van der Waals surface area contributed by atoms with Gasteiger partial charge in [-0.25, -0.2) is 22.3 Å². The first-order valence-electron chi connectivity index (χ1n) is 11.6. The molecule has 0 unspecified atom stereocenters. The summed E-state index contributed by atoms with van der Waals surface area (Å²) in [7, 11) is -4.41. The van der Waals surface area contributed by atoms with Crippen LogP contribution in [0.1, 0.15) is 5.56 Å². The molecule has 0 saturated carbocycles. The summed E-state index contributed by atoms with van der Waals surface area (Å²) in [4.78, 5) is 14.4. The Kier molecular flexibility index (Phi) is 6.73. The van der Waals surface area contributed by atoms with E-state index in [0.29, 0.717) is 12.2 Å². The number of halogens is 4. The highest BCUT2D eigenvalue weighted by Crippen LogP contribution is 2.36. The number of carbonyl (C=O) groups excluding carboxylic acids is 1. The number of ether oxygens (including phenoxy) is 1. The fourth-order valence-corrected chi connectivity index (χ4v) is 6.15. The number of alkyl halides is 3. The summed E-state index contributed by atoms with van der Waals surface area (Å²) >= 11 is 0. The van der Waals surface area contributed by atoms with Gasteiger partial charge >= 0.3 is 12.3 Å². The van der Waals surface area contributed by atoms with E-state index in [1.165, 1.54) is 34.0 Å². The highest BCUT2D eigenvalue weighted by molar-refractivity contribution is 7.89. The van der Waals surface area contributed by atoms with E-state index >= 15 is 4.39 Å². The second-order valence-electron chi connectivity index (χ2n) is 8.76. The number of cyclic esters (lactones) is 1. The molecule has 15 heteroatoms. The molecule has 2 aliphatic heterocycles. The minimum atomic E-state index is -4.82. The standard InChI is InChI=1S/C23H22F4N6O4S/c24-19-13-16(33-15-17(37-22(33)34)14-31-8-7-28-29-31)5-6-20(19)30-9-11-32(12-10-30)38(35,36)21-4-2-1-3-18(21)23(25,26)27/h1-8,13,17H,9-12,14-15H2/t17-/m0/s1. The number of carbonyl (C=O) groups is 1. The van der Waals surface area contributed by atoms with Gasteiger partial charge in [0.25, 0.3) is 0 Å². The molecule has 38 heavy (non-hydrogen) atoms. The predicted octanol–water partition coefficient (Wildman–Crippen LogP) is 2.97. The van der Waals surface area contributed by atoms with Crippen molar-refractivity contribution in [2.24, 2.45) is 0 Å². The zero-order chi connectivity index (χ0) is 27.1. The van der Waals surface area contributed by atoms with Crippen molar-refractivity contribution >= 4 is 27.5 Å². The zero-order valence-corrected chi connectivity index (χ0v) is 20.6. The van der Waals surface area contributed by atoms with Gasteiger partial charge in [0.1, 0.15) is 11.9 Å². The second kappa shape index (κ2) is 9.87. The fraction of sp³-hybridized carbons (Fsp3) is 0.348. The van der Waals surface area contributed by atoms with Gasteiger partial charge in [-0.2, -0.15) is 17.5 Å². The van der Waals surface area contributed by atoms with Crippen LogP contribution in [-0.2, 0) is 27.5 Å². The van der Waals surface area contributed by atoms with Gasteiger partial charge in [-0.3, -0.25) is 4.90 Å². The topological polar surface area (TPSA) is 101 Å². The molecule has 1 amide bonds. The first kappa shape index (κ1) is 25.9. The van der Waals surface area contributed by atoms with Crippen molar-refractivity contribution < 1.29 is 35.5 Å². The Morgan fingerprint density at radius 1 is 1.05 bits per heavy atom. The lowest BCUT2D eigenvalue weighted by Crippen LogP contribution is -2.49. The number of amides is 1. The van der Waals surface area contributed by atoms with E-state index in [9.17, 15) is 26.4 Å². The van der Waals surface area contributed by atoms with E-state index < -0.39 is 44.7 Å². The van der Waals surface area contributed by atoms with Gasteiger partial charge in [-0.05, 0) is 30.3 Å². The van der Waals surface area contributed by atoms with E-state index in [4.69, 9.17) is 4.74 Å². The average molecular weight is 555 g/mol. The van der Waals surface area contributed by atoms with Crippen molar-refractivity contribution in [2.45, 2.75) is 23.7 Å². The Balaban J connectivity index is 1.26. The van der Waals surface area contributed by atoms with Gasteiger partial charge in [-0.15, -0.1) is 5.10 Å². The van der Waals surface area contributed by atoms with Gasteiger partial charge in [0.2, 0.25) is 10.0 Å². The molecule has 1 aromatic heterocycles. The van der Waals surface area contributed by atoms with Crippen molar-refractivity contribution in [2.75, 3.05) is 42.5 Å². The molecule has 3 aromatic rings. The van der Waals surface area contributed by atoms with Crippen LogP contribution in [0.5, 0.6) is 0 Å². The summed E-state index contributed by atoms with van der Waals surface area (Å²) in [5.41, 5.74) is -0.747. The Morgan fingerprint density at radius 3 is 2.45 bits per heavy atom. The van der Waals surface area contributed by atoms with Gasteiger partial charge in [0.05, 0.1) is 41.1 Å². The average Bonchev–Trinajstić information content (AvgIpc) is 3.53. The summed E-state index contributed by atoms with van der Waals surface area (Å²) < 4.78 is 89.0. The Bertz CT molecular complexity index is 1430. The molecular weight excluding hydrogens is 532 g/mol. The maximum Gasteiger partial charge on any atom is 0.417 e. The summed E-state index contributed by atoms with van der Waals surface area (Å²) in [5, 5.41) is 7.53. The van der Waals surface area contributed by atoms with Crippen molar-refractivity contribution in [3.8, 4) is 0 Å². The number of piperazine rings is 1. The minimum Gasteiger partial charge on any atom is -0.442 e. The third-order valence-electron chi connectivity index (χ3n) is 6.37. The molecule has 0 N–H and O–H groups in total. The lowest BCUT2D eigenvalue weighted by Gasteiger charge is -2.36. The normalized spacial score (nSPS) is 19.2. The summed E-state index contributed by atoms with van der Waals surface area (Å²) in [6.07, 6.45) is -2.82. The third-order valence-corrected chi connectivity index (χ3v) is 8.33. The minimum absolute atomic E-state index is 0.0649. The van der Waals surface area contributed by atoms with Crippen molar-refractivity contribution in [1.82, 2.24) is 19.3 Å². The van der Waals surface area contributed by atoms with Crippen LogP contribution < -0.4 is 9.80 Å². The molecule has 2 aliphatic rings. The Morgan fingerprint density at radius 2 is 1.79 bits per heavy atom. The van der Waals surface area contributed by atoms with Crippen LogP contribution in [0.25, 0.3) is 0 Å². The van der Waals surface area contributed by atoms with Crippen molar-refractivity contribution in [3.63, 3.8) is 0 Å². The fourth-order valence-electron chi connectivity index (χ4n) is 4.52. The molecule has 0 radical (unpaired) electrons. The first-order valence-corrected chi connectivity index (χ1v) is 13.0. The Labute approximate surface area is 215 Å². The quantitative estimate of drug-likeness (QED) is 0.432. The smallest absolute Gasteiger partial charge is 0.417 e. The third kappa shape index (κ3) is 5.03. The van der Waals surface area contributed by atoms with Gasteiger partial charge < -0.3 is 9.64 Å². The molecule has 0 aliphatic carbocycles. The largest absolute Gasteiger partial charge is 0.442 e. The van der Waals surface area contributed by atoms with Crippen LogP contribution in [0.2, 0.25) is 0 Å². The van der Waals surface area contributed by atoms with E-state index in [1.54, 1.807) is 17.2 Å². The highest BCUT2D eigenvalue weighted by atomic mass is 32.2. The maximum atomic E-state index is 15.1. The monoisotopic (exact) mass is 554 g/mol. The van der Waals surface area contributed by atoms with Crippen LogP contribution in [0, 0.1) is 5.82 Å². The lowest BCUT2D eigenvalue weighted by molar-refractivity contribution is -0.139. The van der Waals surface area contributed by atoms with Gasteiger partial charge in [-0.1, -0.05) is 17.3 Å². The number of hydrogen-bond acceptors (Lipinski definition) is 7. The number of anilines is 2. The zero-order valence-electron chi connectivity index (χ0n) is 19.8. The molecule has 5 rings (SSSR count). The van der Waals surface area contributed by atoms with Crippen LogP contribution in [0.4, 0.5) is 33.7 Å². The molecule has 2 saturated heterocycles. The summed E-state index contributed by atoms with van der Waals surface area (Å²) in [6, 6.07) is 8.26. The van der Waals surface area contributed by atoms with E-state index in [1.807, 2.05) is 0 Å². The number of nitrogens with zero attached hydrogens (tertiary/aromatic N) is 6. The lowest BCUT2D eigenvalue weighted by atomic mass is 10.2. The highest BCUT2D eigenvalue weighted by Gasteiger charge is 2.40. The van der Waals surface area contributed by atoms with Crippen LogP contribution >= 0.6 is 0 Å². The number of aromatic nitrogens is 3. The van der Waals surface area contributed by atoms with E-state index in [-0.39, 0.29) is 38.4 Å². The first-order chi connectivity index (χ1) is 18.0. The number of hydrogen-bond donors (Lipinski definition) is 0. The van der Waals surface area contributed by atoms with Crippen LogP contribution in [0.3, 0.4) is 0 Å². The maximum absolute atomic E-state index is 15.1. The van der Waals surface area contributed by atoms with Crippen LogP contribution in [-0.4, -0.2) is 72.6 Å². The SMILES string of the molecule is O=C1O[C@@H](Cn2ccnn2)CN1c1ccc(N2CCN(S(=O)(=O)c3ccccc3C(F)(F)F)CC2)c(F)c1. The van der Waals surface area contributed by atoms with Crippen LogP contribution in [0.15, 0.2) is 59.8 Å². The van der Waals surface area contributed by atoms with Crippen molar-refractivity contribution in [1.29, 1.82) is 0 Å². The van der Waals surface area contributed by atoms with E-state index in [0.717, 1.165) is 22.5 Å². The molecule has 10 nitrogen and oxygen atoms in total. The number of rotatable bonds is 6. The van der Waals surface area contributed by atoms with Crippen molar-refractivity contribution in [3.05, 3.63) is 66.2 Å². The molecule has 3 heterocycles. The summed E-state index contributed by atoms with van der Waals surface area (Å²) in [6.45, 7) is 0.359. The summed E-state index contributed by atoms with van der Waals surface area (Å²) in [5.74, 6) is -0.631. The van der Waals surface area contributed by atoms with Gasteiger partial charge in [0, 0.05) is 32.4 Å². The van der Waals surface area contributed by atoms with Gasteiger partial charge in [0.15, 0.2) is 0 Å². The number of benzene rings is 2. The molecule has 202 valence electrons. The van der Waals surface area contributed by atoms with E-state index in [2.05, 4.69) is 10.3 Å². The predicted molar refractivity (Wildman–Crippen MR) is 126 cm³/mol. The molecule has 1 atom stereocenters. The second-order valence-corrected chi connectivity index (χ2v) is 10.7. The molecule has 2 fully saturated rings. The molecule has 2 aromatic carbocycles. The molecule has 0 bridgehead atoms. The Hall–Kier alpha value is -3.72. The molecular formula is C23H22F4N6O4S. The number of sulfonamides is 1. The molecule has 0 spiro atoms.